The van der Waals surface area contributed by atoms with Gasteiger partial charge in [-0.25, -0.2) is 0 Å². The number of azide groups is 1. The third kappa shape index (κ3) is 6.41. The van der Waals surface area contributed by atoms with E-state index in [0.29, 0.717) is 6.54 Å². The number of quaternary nitrogens is 1. The zero-order valence-electron chi connectivity index (χ0n) is 7.90. The van der Waals surface area contributed by atoms with Gasteiger partial charge in [0.15, 0.2) is 0 Å². The summed E-state index contributed by atoms with van der Waals surface area (Å²) in [4.78, 5) is 2.72. The summed E-state index contributed by atoms with van der Waals surface area (Å²) in [6.07, 6.45) is 2.09. The van der Waals surface area contributed by atoms with Crippen LogP contribution in [0.5, 0.6) is 0 Å². The second kappa shape index (κ2) is 6.24. The molecule has 0 saturated carbocycles. The first-order chi connectivity index (χ1) is 5.62. The van der Waals surface area contributed by atoms with Crippen molar-refractivity contribution in [3.63, 3.8) is 0 Å². The summed E-state index contributed by atoms with van der Waals surface area (Å²) in [6, 6.07) is 0. The molecular formula is C7H18N4P+. The van der Waals surface area contributed by atoms with Gasteiger partial charge in [-0.15, -0.1) is 9.24 Å². The lowest BCUT2D eigenvalue weighted by molar-refractivity contribution is -0.887. The molecule has 0 bridgehead atoms. The molecule has 12 heavy (non-hydrogen) atoms. The van der Waals surface area contributed by atoms with Crippen molar-refractivity contribution in [3.05, 3.63) is 10.4 Å². The monoisotopic (exact) mass is 189 g/mol. The van der Waals surface area contributed by atoms with E-state index in [4.69, 9.17) is 5.53 Å². The van der Waals surface area contributed by atoms with Crippen LogP contribution in [-0.2, 0) is 0 Å². The van der Waals surface area contributed by atoms with Crippen molar-refractivity contribution in [2.75, 3.05) is 39.9 Å². The van der Waals surface area contributed by atoms with Gasteiger partial charge in [-0.2, -0.15) is 0 Å². The van der Waals surface area contributed by atoms with E-state index < -0.39 is 0 Å². The Labute approximate surface area is 76.4 Å². The quantitative estimate of drug-likeness (QED) is 0.152. The predicted molar refractivity (Wildman–Crippen MR) is 55.0 cm³/mol. The fourth-order valence-corrected chi connectivity index (χ4v) is 1.77. The van der Waals surface area contributed by atoms with E-state index in [0.717, 1.165) is 30.2 Å². The normalized spacial score (nSPS) is 10.9. The third-order valence-corrected chi connectivity index (χ3v) is 2.08. The highest BCUT2D eigenvalue weighted by molar-refractivity contribution is 7.16. The van der Waals surface area contributed by atoms with Gasteiger partial charge in [0.1, 0.15) is 0 Å². The van der Waals surface area contributed by atoms with E-state index in [1.807, 2.05) is 0 Å². The molecule has 0 aromatic carbocycles. The Hall–Kier alpha value is -0.300. The second-order valence-electron chi connectivity index (χ2n) is 3.48. The molecule has 0 spiro atoms. The first kappa shape index (κ1) is 11.7. The standard InChI is InChI=1S/C7H18N4P/c1-11(2,6-7-12)5-3-4-9-10-8/h3-7,12H2,1-2H3/q+1. The molecule has 4 nitrogen and oxygen atoms in total. The average Bonchev–Trinajstić information content (AvgIpc) is 1.98. The Bertz CT molecular complexity index is 163. The molecule has 0 aromatic heterocycles. The number of hydrogen-bond acceptors (Lipinski definition) is 1. The first-order valence-electron chi connectivity index (χ1n) is 4.15. The fraction of sp³-hybridized carbons (Fsp3) is 1.00. The van der Waals surface area contributed by atoms with E-state index in [1.54, 1.807) is 0 Å². The number of rotatable bonds is 6. The van der Waals surface area contributed by atoms with Crippen molar-refractivity contribution in [3.8, 4) is 0 Å². The number of nitrogens with zero attached hydrogens (tertiary/aromatic N) is 4. The SMILES string of the molecule is C[N+](C)(CCP)CCCN=[N+]=[N-]. The summed E-state index contributed by atoms with van der Waals surface area (Å²) in [5, 5.41) is 3.50. The Morgan fingerprint density at radius 2 is 2.08 bits per heavy atom. The van der Waals surface area contributed by atoms with Gasteiger partial charge >= 0.3 is 0 Å². The van der Waals surface area contributed by atoms with E-state index in [2.05, 4.69) is 33.4 Å². The first-order valence-corrected chi connectivity index (χ1v) is 4.97. The van der Waals surface area contributed by atoms with Gasteiger partial charge in [-0.1, -0.05) is 5.11 Å². The summed E-state index contributed by atoms with van der Waals surface area (Å²) >= 11 is 0. The molecule has 0 fully saturated rings. The maximum Gasteiger partial charge on any atom is 0.0817 e. The van der Waals surface area contributed by atoms with Crippen molar-refractivity contribution in [2.24, 2.45) is 5.11 Å². The molecule has 0 aliphatic heterocycles. The molecular weight excluding hydrogens is 171 g/mol. The summed E-state index contributed by atoms with van der Waals surface area (Å²) < 4.78 is 1.00. The van der Waals surface area contributed by atoms with E-state index in [9.17, 15) is 0 Å². The predicted octanol–water partition coefficient (Wildman–Crippen LogP) is 1.64. The topological polar surface area (TPSA) is 48.8 Å². The molecule has 1 unspecified atom stereocenters. The highest BCUT2D eigenvalue weighted by atomic mass is 31.0. The van der Waals surface area contributed by atoms with Crippen LogP contribution in [0.15, 0.2) is 5.11 Å². The highest BCUT2D eigenvalue weighted by Crippen LogP contribution is 2.00. The molecule has 0 aromatic rings. The smallest absolute Gasteiger partial charge is 0.0817 e. The summed E-state index contributed by atoms with van der Waals surface area (Å²) in [7, 11) is 7.12. The largest absolute Gasteiger partial charge is 0.328 e. The fourth-order valence-electron chi connectivity index (χ4n) is 1.08. The molecule has 0 N–H and O–H groups in total. The van der Waals surface area contributed by atoms with Gasteiger partial charge in [-0.3, -0.25) is 0 Å². The summed E-state index contributed by atoms with van der Waals surface area (Å²) in [6.45, 7) is 2.85. The van der Waals surface area contributed by atoms with E-state index in [1.165, 1.54) is 0 Å². The van der Waals surface area contributed by atoms with E-state index in [-0.39, 0.29) is 0 Å². The molecule has 70 valence electrons. The van der Waals surface area contributed by atoms with Crippen molar-refractivity contribution >= 4 is 9.24 Å². The van der Waals surface area contributed by atoms with E-state index >= 15 is 0 Å². The van der Waals surface area contributed by atoms with Crippen molar-refractivity contribution in [1.82, 2.24) is 0 Å². The minimum atomic E-state index is 0.620. The van der Waals surface area contributed by atoms with Crippen molar-refractivity contribution in [1.29, 1.82) is 0 Å². The van der Waals surface area contributed by atoms with Gasteiger partial charge in [0, 0.05) is 24.0 Å². The lowest BCUT2D eigenvalue weighted by atomic mass is 10.3. The molecule has 0 radical (unpaired) electrons. The van der Waals surface area contributed by atoms with Crippen molar-refractivity contribution < 1.29 is 4.48 Å². The third-order valence-electron chi connectivity index (χ3n) is 1.82. The second-order valence-corrected chi connectivity index (χ2v) is 4.06. The molecule has 0 heterocycles. The van der Waals surface area contributed by atoms with Crippen LogP contribution in [0.25, 0.3) is 10.4 Å². The van der Waals surface area contributed by atoms with Gasteiger partial charge < -0.3 is 4.48 Å². The summed E-state index contributed by atoms with van der Waals surface area (Å²) in [5.74, 6) is 0. The van der Waals surface area contributed by atoms with Crippen LogP contribution in [0, 0.1) is 0 Å². The number of hydrogen-bond donors (Lipinski definition) is 0. The van der Waals surface area contributed by atoms with Crippen LogP contribution < -0.4 is 0 Å². The van der Waals surface area contributed by atoms with Gasteiger partial charge in [0.05, 0.1) is 27.2 Å². The maximum atomic E-state index is 8.05. The summed E-state index contributed by atoms with van der Waals surface area (Å²) in [5.41, 5.74) is 8.05. The molecule has 0 amide bonds. The molecule has 0 saturated heterocycles. The lowest BCUT2D eigenvalue weighted by Crippen LogP contribution is -2.42. The van der Waals surface area contributed by atoms with Gasteiger partial charge in [0.2, 0.25) is 0 Å². The Kier molecular flexibility index (Phi) is 6.09. The van der Waals surface area contributed by atoms with Crippen LogP contribution in [0.2, 0.25) is 0 Å². The Morgan fingerprint density at radius 1 is 1.42 bits per heavy atom. The molecule has 0 aliphatic rings. The van der Waals surface area contributed by atoms with Gasteiger partial charge in [-0.05, 0) is 5.53 Å². The minimum absolute atomic E-state index is 0.620. The average molecular weight is 189 g/mol. The van der Waals surface area contributed by atoms with Crippen LogP contribution in [-0.4, -0.2) is 44.4 Å². The van der Waals surface area contributed by atoms with Gasteiger partial charge in [0.25, 0.3) is 0 Å². The molecule has 5 heteroatoms. The Morgan fingerprint density at radius 3 is 2.58 bits per heavy atom. The molecule has 1 atom stereocenters. The highest BCUT2D eigenvalue weighted by Gasteiger charge is 2.11. The van der Waals surface area contributed by atoms with Crippen molar-refractivity contribution in [2.45, 2.75) is 6.42 Å². The zero-order valence-corrected chi connectivity index (χ0v) is 9.06. The van der Waals surface area contributed by atoms with Crippen LogP contribution in [0.4, 0.5) is 0 Å². The van der Waals surface area contributed by atoms with Crippen LogP contribution in [0.1, 0.15) is 6.42 Å². The van der Waals surface area contributed by atoms with Crippen LogP contribution >= 0.6 is 9.24 Å². The molecule has 0 aliphatic carbocycles. The molecule has 0 rings (SSSR count). The van der Waals surface area contributed by atoms with Crippen LogP contribution in [0.3, 0.4) is 0 Å². The lowest BCUT2D eigenvalue weighted by Gasteiger charge is -2.28. The maximum absolute atomic E-state index is 8.05. The Balaban J connectivity index is 3.52. The minimum Gasteiger partial charge on any atom is -0.328 e. The zero-order chi connectivity index (χ0) is 9.45.